The Kier molecular flexibility index (Phi) is 9.13. The van der Waals surface area contributed by atoms with Gasteiger partial charge in [-0.2, -0.15) is 0 Å². The summed E-state index contributed by atoms with van der Waals surface area (Å²) in [4.78, 5) is 48.4. The maximum atomic E-state index is 12.4. The van der Waals surface area contributed by atoms with E-state index in [0.717, 1.165) is 5.75 Å². The number of hydrogen-bond donors (Lipinski definition) is 2. The lowest BCUT2D eigenvalue weighted by molar-refractivity contribution is -0.147. The first-order chi connectivity index (χ1) is 16.9. The van der Waals surface area contributed by atoms with Crippen LogP contribution < -0.4 is 15.4 Å². The highest BCUT2D eigenvalue weighted by Gasteiger charge is 2.12. The molecule has 180 valence electrons. The first kappa shape index (κ1) is 25.2. The fourth-order valence-corrected chi connectivity index (χ4v) is 3.11. The average molecular weight is 475 g/mol. The van der Waals surface area contributed by atoms with Crippen molar-refractivity contribution >= 4 is 34.9 Å². The zero-order valence-electron chi connectivity index (χ0n) is 19.3. The molecule has 0 aliphatic heterocycles. The Morgan fingerprint density at radius 1 is 0.714 bits per heavy atom. The molecular weight excluding hydrogens is 448 g/mol. The highest BCUT2D eigenvalue weighted by atomic mass is 16.5. The van der Waals surface area contributed by atoms with Crippen molar-refractivity contribution in [1.82, 2.24) is 0 Å². The molecule has 0 unspecified atom stereocenters. The minimum Gasteiger partial charge on any atom is -0.494 e. The number of anilines is 2. The van der Waals surface area contributed by atoms with Gasteiger partial charge in [-0.25, -0.2) is 0 Å². The number of rotatable bonds is 11. The van der Waals surface area contributed by atoms with Gasteiger partial charge in [-0.05, 0) is 55.5 Å². The lowest BCUT2D eigenvalue weighted by Crippen LogP contribution is -2.21. The molecule has 0 aliphatic carbocycles. The van der Waals surface area contributed by atoms with Crippen molar-refractivity contribution in [2.75, 3.05) is 23.8 Å². The second-order valence-electron chi connectivity index (χ2n) is 7.49. The predicted molar refractivity (Wildman–Crippen MR) is 132 cm³/mol. The molecule has 8 nitrogen and oxygen atoms in total. The third-order valence-corrected chi connectivity index (χ3v) is 4.87. The maximum absolute atomic E-state index is 12.4. The molecule has 0 saturated heterocycles. The number of hydrogen-bond acceptors (Lipinski definition) is 6. The van der Waals surface area contributed by atoms with E-state index in [0.29, 0.717) is 29.1 Å². The molecule has 0 heterocycles. The van der Waals surface area contributed by atoms with Crippen LogP contribution in [0.2, 0.25) is 0 Å². The second kappa shape index (κ2) is 12.7. The van der Waals surface area contributed by atoms with Crippen molar-refractivity contribution in [3.8, 4) is 5.75 Å². The summed E-state index contributed by atoms with van der Waals surface area (Å²) in [6, 6.07) is 22.0. The Hall–Kier alpha value is -4.46. The molecule has 8 heteroatoms. The molecule has 35 heavy (non-hydrogen) atoms. The van der Waals surface area contributed by atoms with Gasteiger partial charge in [0.05, 0.1) is 13.0 Å². The first-order valence-corrected chi connectivity index (χ1v) is 11.1. The zero-order valence-corrected chi connectivity index (χ0v) is 19.3. The van der Waals surface area contributed by atoms with Gasteiger partial charge in [-0.1, -0.05) is 30.3 Å². The van der Waals surface area contributed by atoms with Gasteiger partial charge in [-0.3, -0.25) is 19.2 Å². The third-order valence-electron chi connectivity index (χ3n) is 4.87. The third kappa shape index (κ3) is 8.12. The second-order valence-corrected chi connectivity index (χ2v) is 7.49. The summed E-state index contributed by atoms with van der Waals surface area (Å²) in [5.41, 5.74) is 2.01. The summed E-state index contributed by atoms with van der Waals surface area (Å²) in [6.45, 7) is 1.98. The Morgan fingerprint density at radius 2 is 1.34 bits per heavy atom. The smallest absolute Gasteiger partial charge is 0.306 e. The summed E-state index contributed by atoms with van der Waals surface area (Å²) in [7, 11) is 0. The molecule has 2 N–H and O–H groups in total. The fraction of sp³-hybridized carbons (Fsp3) is 0.185. The van der Waals surface area contributed by atoms with Crippen LogP contribution in [0.15, 0.2) is 78.9 Å². The number of carbonyl (C=O) groups is 4. The Balaban J connectivity index is 1.40. The molecule has 0 aromatic heterocycles. The number of ketones is 1. The van der Waals surface area contributed by atoms with E-state index in [1.54, 1.807) is 78.9 Å². The molecular formula is C27H26N2O6. The van der Waals surface area contributed by atoms with E-state index in [1.807, 2.05) is 6.92 Å². The highest BCUT2D eigenvalue weighted by molar-refractivity contribution is 6.04. The van der Waals surface area contributed by atoms with Gasteiger partial charge in [0, 0.05) is 28.9 Å². The van der Waals surface area contributed by atoms with Crippen LogP contribution in [0, 0.1) is 0 Å². The van der Waals surface area contributed by atoms with E-state index in [1.165, 1.54) is 0 Å². The SMILES string of the molecule is CCOc1ccc(NC(=O)c2ccc(NC(=O)COC(=O)CCC(=O)c3ccccc3)cc2)cc1. The van der Waals surface area contributed by atoms with Crippen molar-refractivity contribution in [1.29, 1.82) is 0 Å². The van der Waals surface area contributed by atoms with Crippen LogP contribution in [-0.2, 0) is 14.3 Å². The highest BCUT2D eigenvalue weighted by Crippen LogP contribution is 2.17. The van der Waals surface area contributed by atoms with Gasteiger partial charge in [0.15, 0.2) is 12.4 Å². The van der Waals surface area contributed by atoms with E-state index < -0.39 is 18.5 Å². The molecule has 3 aromatic rings. The molecule has 0 radical (unpaired) electrons. The summed E-state index contributed by atoms with van der Waals surface area (Å²) in [5.74, 6) is -0.910. The molecule has 0 bridgehead atoms. The molecule has 0 saturated carbocycles. The van der Waals surface area contributed by atoms with Gasteiger partial charge in [0.25, 0.3) is 11.8 Å². The van der Waals surface area contributed by atoms with Gasteiger partial charge in [0.2, 0.25) is 0 Å². The van der Waals surface area contributed by atoms with Crippen molar-refractivity contribution in [2.24, 2.45) is 0 Å². The monoisotopic (exact) mass is 474 g/mol. The summed E-state index contributed by atoms with van der Waals surface area (Å²) in [5, 5.41) is 5.38. The van der Waals surface area contributed by atoms with Crippen molar-refractivity contribution in [3.63, 3.8) is 0 Å². The molecule has 3 rings (SSSR count). The van der Waals surface area contributed by atoms with E-state index in [4.69, 9.17) is 9.47 Å². The van der Waals surface area contributed by atoms with Crippen LogP contribution in [0.3, 0.4) is 0 Å². The number of carbonyl (C=O) groups excluding carboxylic acids is 4. The van der Waals surface area contributed by atoms with Crippen LogP contribution in [0.25, 0.3) is 0 Å². The number of amides is 2. The van der Waals surface area contributed by atoms with Crippen LogP contribution in [-0.4, -0.2) is 36.8 Å². The molecule has 0 aliphatic rings. The summed E-state index contributed by atoms with van der Waals surface area (Å²) in [6.07, 6.45) is -0.107. The van der Waals surface area contributed by atoms with Crippen molar-refractivity contribution in [3.05, 3.63) is 90.0 Å². The van der Waals surface area contributed by atoms with E-state index in [-0.39, 0.29) is 24.5 Å². The van der Waals surface area contributed by atoms with Gasteiger partial charge in [0.1, 0.15) is 5.75 Å². The van der Waals surface area contributed by atoms with E-state index >= 15 is 0 Å². The zero-order chi connectivity index (χ0) is 25.0. The molecule has 0 fully saturated rings. The average Bonchev–Trinajstić information content (AvgIpc) is 2.88. The Labute approximate surface area is 203 Å². The number of Topliss-reactive ketones (excluding diaryl/α,β-unsaturated/α-hetero) is 1. The predicted octanol–water partition coefficient (Wildman–Crippen LogP) is 4.48. The van der Waals surface area contributed by atoms with Crippen LogP contribution >= 0.6 is 0 Å². The largest absolute Gasteiger partial charge is 0.494 e. The van der Waals surface area contributed by atoms with Crippen LogP contribution in [0.5, 0.6) is 5.75 Å². The normalized spacial score (nSPS) is 10.2. The topological polar surface area (TPSA) is 111 Å². The van der Waals surface area contributed by atoms with Crippen molar-refractivity contribution in [2.45, 2.75) is 19.8 Å². The minimum atomic E-state index is -0.634. The lowest BCUT2D eigenvalue weighted by atomic mass is 10.1. The minimum absolute atomic E-state index is 0.00462. The number of nitrogens with one attached hydrogen (secondary N) is 2. The fourth-order valence-electron chi connectivity index (χ4n) is 3.11. The standard InChI is InChI=1S/C27H26N2O6/c1-2-34-23-14-12-22(13-15-23)29-27(33)20-8-10-21(11-9-20)28-25(31)18-35-26(32)17-16-24(30)19-6-4-3-5-7-19/h3-15H,2,16-18H2,1H3,(H,28,31)(H,29,33). The Morgan fingerprint density at radius 3 is 2.00 bits per heavy atom. The van der Waals surface area contributed by atoms with Crippen molar-refractivity contribution < 1.29 is 28.7 Å². The number of esters is 1. The number of ether oxygens (including phenoxy) is 2. The quantitative estimate of drug-likeness (QED) is 0.313. The van der Waals surface area contributed by atoms with Crippen LogP contribution in [0.4, 0.5) is 11.4 Å². The molecule has 0 atom stereocenters. The van der Waals surface area contributed by atoms with Gasteiger partial charge >= 0.3 is 5.97 Å². The van der Waals surface area contributed by atoms with Gasteiger partial charge < -0.3 is 20.1 Å². The molecule has 2 amide bonds. The summed E-state index contributed by atoms with van der Waals surface area (Å²) < 4.78 is 10.3. The Bertz CT molecular complexity index is 1160. The maximum Gasteiger partial charge on any atom is 0.306 e. The molecule has 3 aromatic carbocycles. The molecule has 0 spiro atoms. The van der Waals surface area contributed by atoms with E-state index in [2.05, 4.69) is 10.6 Å². The van der Waals surface area contributed by atoms with Crippen LogP contribution in [0.1, 0.15) is 40.5 Å². The summed E-state index contributed by atoms with van der Waals surface area (Å²) >= 11 is 0. The van der Waals surface area contributed by atoms with Gasteiger partial charge in [-0.15, -0.1) is 0 Å². The number of benzene rings is 3. The van der Waals surface area contributed by atoms with E-state index in [9.17, 15) is 19.2 Å². The first-order valence-electron chi connectivity index (χ1n) is 11.1. The lowest BCUT2D eigenvalue weighted by Gasteiger charge is -2.09.